The van der Waals surface area contributed by atoms with Crippen molar-refractivity contribution in [2.24, 2.45) is 0 Å². The van der Waals surface area contributed by atoms with Gasteiger partial charge in [-0.25, -0.2) is 4.79 Å². The second-order valence-corrected chi connectivity index (χ2v) is 6.18. The first-order valence-electron chi connectivity index (χ1n) is 8.24. The minimum atomic E-state index is -0.290. The van der Waals surface area contributed by atoms with Gasteiger partial charge in [0.1, 0.15) is 5.76 Å². The number of rotatable bonds is 4. The zero-order valence-corrected chi connectivity index (χ0v) is 13.7. The standard InChI is InChI=1S/C18H22N2O4/c1-23-18(22)20-10-9-14(16-12-17(21)19-24-16)11-15(20)8-7-13-5-3-2-4-6-13/h2-6,12,14-15H,7-11H2,1H3,(H,19,21)/t14-,15-/m0/s1. The number of carbonyl (C=O) groups is 1. The van der Waals surface area contributed by atoms with E-state index in [0.717, 1.165) is 25.7 Å². The highest BCUT2D eigenvalue weighted by molar-refractivity contribution is 5.68. The summed E-state index contributed by atoms with van der Waals surface area (Å²) in [4.78, 5) is 25.2. The van der Waals surface area contributed by atoms with Gasteiger partial charge in [-0.05, 0) is 31.2 Å². The van der Waals surface area contributed by atoms with Crippen molar-refractivity contribution in [2.45, 2.75) is 37.6 Å². The lowest BCUT2D eigenvalue weighted by atomic mass is 9.86. The van der Waals surface area contributed by atoms with Crippen LogP contribution in [0.25, 0.3) is 0 Å². The molecular formula is C18H22N2O4. The van der Waals surface area contributed by atoms with E-state index in [1.165, 1.54) is 18.7 Å². The van der Waals surface area contributed by atoms with Crippen molar-refractivity contribution in [2.75, 3.05) is 13.7 Å². The van der Waals surface area contributed by atoms with Crippen molar-refractivity contribution in [3.05, 3.63) is 58.1 Å². The topological polar surface area (TPSA) is 75.5 Å². The van der Waals surface area contributed by atoms with E-state index in [1.54, 1.807) is 4.90 Å². The van der Waals surface area contributed by atoms with Gasteiger partial charge in [-0.2, -0.15) is 5.16 Å². The van der Waals surface area contributed by atoms with Gasteiger partial charge in [0.25, 0.3) is 5.56 Å². The van der Waals surface area contributed by atoms with Gasteiger partial charge in [0, 0.05) is 24.6 Å². The summed E-state index contributed by atoms with van der Waals surface area (Å²) in [6.45, 7) is 0.603. The molecule has 3 rings (SSSR count). The number of H-pyrrole nitrogens is 1. The molecule has 0 radical (unpaired) electrons. The summed E-state index contributed by atoms with van der Waals surface area (Å²) in [5.74, 6) is 0.819. The molecule has 2 atom stereocenters. The Kier molecular flexibility index (Phi) is 5.03. The quantitative estimate of drug-likeness (QED) is 0.935. The molecule has 0 unspecified atom stereocenters. The van der Waals surface area contributed by atoms with E-state index in [4.69, 9.17) is 9.26 Å². The van der Waals surface area contributed by atoms with Crippen molar-refractivity contribution >= 4 is 6.09 Å². The highest BCUT2D eigenvalue weighted by Gasteiger charge is 2.34. The Morgan fingerprint density at radius 2 is 2.17 bits per heavy atom. The predicted molar refractivity (Wildman–Crippen MR) is 89.0 cm³/mol. The minimum absolute atomic E-state index is 0.0663. The number of methoxy groups -OCH3 is 1. The number of aromatic nitrogens is 1. The molecule has 2 aromatic rings. The first-order valence-corrected chi connectivity index (χ1v) is 8.24. The third kappa shape index (κ3) is 3.69. The first-order chi connectivity index (χ1) is 11.7. The van der Waals surface area contributed by atoms with Crippen LogP contribution in [0.2, 0.25) is 0 Å². The highest BCUT2D eigenvalue weighted by Crippen LogP contribution is 2.33. The van der Waals surface area contributed by atoms with E-state index < -0.39 is 0 Å². The zero-order chi connectivity index (χ0) is 16.9. The molecule has 6 heteroatoms. The number of ether oxygens (including phenoxy) is 1. The lowest BCUT2D eigenvalue weighted by Gasteiger charge is -2.38. The summed E-state index contributed by atoms with van der Waals surface area (Å²) in [5.41, 5.74) is 1.03. The second-order valence-electron chi connectivity index (χ2n) is 6.18. The van der Waals surface area contributed by atoms with Gasteiger partial charge in [-0.15, -0.1) is 0 Å². The summed E-state index contributed by atoms with van der Waals surface area (Å²) in [6, 6.07) is 11.8. The van der Waals surface area contributed by atoms with Gasteiger partial charge in [0.2, 0.25) is 0 Å². The van der Waals surface area contributed by atoms with Gasteiger partial charge >= 0.3 is 6.09 Å². The van der Waals surface area contributed by atoms with Crippen LogP contribution in [0.5, 0.6) is 0 Å². The summed E-state index contributed by atoms with van der Waals surface area (Å²) in [5, 5.41) is 2.35. The average molecular weight is 330 g/mol. The Morgan fingerprint density at radius 3 is 2.83 bits per heavy atom. The van der Waals surface area contributed by atoms with Gasteiger partial charge in [0.05, 0.1) is 7.11 Å². The molecule has 1 saturated heterocycles. The molecule has 1 amide bonds. The number of aryl methyl sites for hydroxylation is 1. The maximum absolute atomic E-state index is 12.1. The molecule has 1 fully saturated rings. The predicted octanol–water partition coefficient (Wildman–Crippen LogP) is 2.92. The second kappa shape index (κ2) is 7.38. The van der Waals surface area contributed by atoms with Crippen molar-refractivity contribution in [1.82, 2.24) is 10.1 Å². The average Bonchev–Trinajstić information content (AvgIpc) is 3.06. The van der Waals surface area contributed by atoms with Gasteiger partial charge in [0.15, 0.2) is 0 Å². The van der Waals surface area contributed by atoms with E-state index in [0.29, 0.717) is 12.3 Å². The smallest absolute Gasteiger partial charge is 0.409 e. The molecule has 0 aliphatic carbocycles. The lowest BCUT2D eigenvalue weighted by molar-refractivity contribution is 0.0789. The fourth-order valence-corrected chi connectivity index (χ4v) is 3.42. The Labute approximate surface area is 140 Å². The van der Waals surface area contributed by atoms with Crippen LogP contribution in [-0.2, 0) is 11.2 Å². The molecule has 0 bridgehead atoms. The molecule has 1 aliphatic rings. The number of piperidine rings is 1. The van der Waals surface area contributed by atoms with Crippen LogP contribution >= 0.6 is 0 Å². The third-order valence-electron chi connectivity index (χ3n) is 4.68. The molecule has 1 aliphatic heterocycles. The number of hydrogen-bond acceptors (Lipinski definition) is 4. The van der Waals surface area contributed by atoms with Gasteiger partial charge in [-0.3, -0.25) is 4.79 Å². The van der Waals surface area contributed by atoms with E-state index in [9.17, 15) is 9.59 Å². The number of benzene rings is 1. The maximum atomic E-state index is 12.1. The SMILES string of the molecule is COC(=O)N1CC[C@H](c2cc(=O)[nH]o2)C[C@@H]1CCc1ccccc1. The van der Waals surface area contributed by atoms with Crippen LogP contribution < -0.4 is 5.56 Å². The molecular weight excluding hydrogens is 308 g/mol. The fraction of sp³-hybridized carbons (Fsp3) is 0.444. The van der Waals surface area contributed by atoms with E-state index in [2.05, 4.69) is 17.3 Å². The highest BCUT2D eigenvalue weighted by atomic mass is 16.5. The molecule has 1 N–H and O–H groups in total. The summed E-state index contributed by atoms with van der Waals surface area (Å²) in [6.07, 6.45) is 2.98. The number of carbonyl (C=O) groups excluding carboxylic acids is 1. The third-order valence-corrected chi connectivity index (χ3v) is 4.68. The van der Waals surface area contributed by atoms with Gasteiger partial charge in [-0.1, -0.05) is 30.3 Å². The summed E-state index contributed by atoms with van der Waals surface area (Å²) >= 11 is 0. The van der Waals surface area contributed by atoms with Crippen LogP contribution in [0.15, 0.2) is 45.7 Å². The maximum Gasteiger partial charge on any atom is 0.409 e. The molecule has 6 nitrogen and oxygen atoms in total. The van der Waals surface area contributed by atoms with Crippen LogP contribution in [-0.4, -0.2) is 35.8 Å². The summed E-state index contributed by atoms with van der Waals surface area (Å²) < 4.78 is 10.2. The molecule has 128 valence electrons. The molecule has 1 aromatic heterocycles. The van der Waals surface area contributed by atoms with Crippen LogP contribution in [0.4, 0.5) is 4.79 Å². The monoisotopic (exact) mass is 330 g/mol. The number of likely N-dealkylation sites (tertiary alicyclic amines) is 1. The van der Waals surface area contributed by atoms with Crippen molar-refractivity contribution in [3.63, 3.8) is 0 Å². The first kappa shape index (κ1) is 16.4. The van der Waals surface area contributed by atoms with Crippen molar-refractivity contribution in [1.29, 1.82) is 0 Å². The van der Waals surface area contributed by atoms with E-state index in [-0.39, 0.29) is 23.6 Å². The normalized spacial score (nSPS) is 20.8. The Balaban J connectivity index is 1.71. The number of aromatic amines is 1. The number of nitrogens with one attached hydrogen (secondary N) is 1. The molecule has 0 saturated carbocycles. The molecule has 24 heavy (non-hydrogen) atoms. The molecule has 1 aromatic carbocycles. The Morgan fingerprint density at radius 1 is 1.38 bits per heavy atom. The van der Waals surface area contributed by atoms with Crippen LogP contribution in [0.3, 0.4) is 0 Å². The number of amides is 1. The van der Waals surface area contributed by atoms with E-state index >= 15 is 0 Å². The molecule has 2 heterocycles. The van der Waals surface area contributed by atoms with Gasteiger partial charge < -0.3 is 14.2 Å². The zero-order valence-electron chi connectivity index (χ0n) is 13.7. The number of hydrogen-bond donors (Lipinski definition) is 1. The lowest BCUT2D eigenvalue weighted by Crippen LogP contribution is -2.45. The largest absolute Gasteiger partial charge is 0.453 e. The van der Waals surface area contributed by atoms with Crippen molar-refractivity contribution in [3.8, 4) is 0 Å². The Hall–Kier alpha value is -2.50. The number of nitrogens with zero attached hydrogens (tertiary/aromatic N) is 1. The molecule has 0 spiro atoms. The fourth-order valence-electron chi connectivity index (χ4n) is 3.42. The van der Waals surface area contributed by atoms with E-state index in [1.807, 2.05) is 18.2 Å². The van der Waals surface area contributed by atoms with Crippen LogP contribution in [0.1, 0.15) is 36.5 Å². The summed E-state index contributed by atoms with van der Waals surface area (Å²) in [7, 11) is 1.41. The Bertz CT molecular complexity index is 722. The van der Waals surface area contributed by atoms with Crippen LogP contribution in [0, 0.1) is 0 Å². The minimum Gasteiger partial charge on any atom is -0.453 e. The van der Waals surface area contributed by atoms with Crippen molar-refractivity contribution < 1.29 is 14.1 Å².